The van der Waals surface area contributed by atoms with E-state index in [9.17, 15) is 4.79 Å². The molecule has 1 aliphatic heterocycles. The van der Waals surface area contributed by atoms with Gasteiger partial charge in [-0.25, -0.2) is 0 Å². The number of ether oxygens (including phenoxy) is 3. The van der Waals surface area contributed by atoms with Gasteiger partial charge < -0.3 is 14.2 Å². The van der Waals surface area contributed by atoms with E-state index in [4.69, 9.17) is 9.47 Å². The van der Waals surface area contributed by atoms with Gasteiger partial charge in [0, 0.05) is 13.0 Å². The first kappa shape index (κ1) is 11.5. The van der Waals surface area contributed by atoms with Crippen molar-refractivity contribution in [2.24, 2.45) is 5.41 Å². The minimum Gasteiger partial charge on any atom is -0.469 e. The molecule has 4 heteroatoms. The van der Waals surface area contributed by atoms with E-state index in [0.29, 0.717) is 6.61 Å². The van der Waals surface area contributed by atoms with Gasteiger partial charge in [-0.15, -0.1) is 0 Å². The van der Waals surface area contributed by atoms with Crippen LogP contribution in [0.2, 0.25) is 0 Å². The molecule has 82 valence electrons. The molecule has 1 saturated heterocycles. The molecule has 14 heavy (non-hydrogen) atoms. The van der Waals surface area contributed by atoms with Crippen LogP contribution >= 0.6 is 0 Å². The Hall–Kier alpha value is -0.610. The van der Waals surface area contributed by atoms with E-state index in [2.05, 4.69) is 4.74 Å². The third-order valence-electron chi connectivity index (χ3n) is 2.26. The van der Waals surface area contributed by atoms with Crippen molar-refractivity contribution in [1.82, 2.24) is 0 Å². The van der Waals surface area contributed by atoms with E-state index >= 15 is 0 Å². The summed E-state index contributed by atoms with van der Waals surface area (Å²) in [6.45, 7) is 4.69. The molecule has 1 aliphatic rings. The Morgan fingerprint density at radius 1 is 1.57 bits per heavy atom. The van der Waals surface area contributed by atoms with Crippen molar-refractivity contribution in [3.05, 3.63) is 0 Å². The number of methoxy groups -OCH3 is 1. The number of carbonyl (C=O) groups is 1. The molecule has 1 fully saturated rings. The second-order valence-corrected chi connectivity index (χ2v) is 4.13. The minimum atomic E-state index is -0.597. The molecule has 0 radical (unpaired) electrons. The molecule has 1 heterocycles. The highest BCUT2D eigenvalue weighted by Crippen LogP contribution is 2.21. The maximum absolute atomic E-state index is 11.3. The molecule has 0 aromatic rings. The van der Waals surface area contributed by atoms with Gasteiger partial charge in [0.05, 0.1) is 19.1 Å². The first-order valence-electron chi connectivity index (χ1n) is 4.88. The number of hydrogen-bond donors (Lipinski definition) is 0. The Bertz CT molecular complexity index is 194. The second-order valence-electron chi connectivity index (χ2n) is 4.13. The van der Waals surface area contributed by atoms with E-state index in [1.807, 2.05) is 0 Å². The maximum Gasteiger partial charge on any atom is 0.313 e. The van der Waals surface area contributed by atoms with Crippen molar-refractivity contribution in [3.63, 3.8) is 0 Å². The van der Waals surface area contributed by atoms with Crippen molar-refractivity contribution in [3.8, 4) is 0 Å². The van der Waals surface area contributed by atoms with Crippen LogP contribution in [0.15, 0.2) is 0 Å². The zero-order chi connectivity index (χ0) is 10.6. The summed E-state index contributed by atoms with van der Waals surface area (Å²) in [6, 6.07) is 0. The summed E-state index contributed by atoms with van der Waals surface area (Å²) in [5.74, 6) is -0.254. The molecule has 0 aromatic heterocycles. The molecule has 0 N–H and O–H groups in total. The number of rotatable bonds is 4. The summed E-state index contributed by atoms with van der Waals surface area (Å²) in [5.41, 5.74) is -0.597. The quantitative estimate of drug-likeness (QED) is 0.645. The van der Waals surface area contributed by atoms with Crippen LogP contribution in [0.25, 0.3) is 0 Å². The number of hydrogen-bond acceptors (Lipinski definition) is 4. The largest absolute Gasteiger partial charge is 0.469 e. The van der Waals surface area contributed by atoms with Gasteiger partial charge in [-0.05, 0) is 20.3 Å². The van der Waals surface area contributed by atoms with Gasteiger partial charge >= 0.3 is 5.97 Å². The van der Waals surface area contributed by atoms with Crippen LogP contribution in [0, 0.1) is 5.41 Å². The Balaban J connectivity index is 2.31. The van der Waals surface area contributed by atoms with Gasteiger partial charge in [-0.2, -0.15) is 0 Å². The molecule has 4 nitrogen and oxygen atoms in total. The Morgan fingerprint density at radius 2 is 2.29 bits per heavy atom. The van der Waals surface area contributed by atoms with Gasteiger partial charge in [0.15, 0.2) is 6.29 Å². The normalized spacial score (nSPS) is 22.4. The molecular formula is C10H18O4. The summed E-state index contributed by atoms with van der Waals surface area (Å²) >= 11 is 0. The summed E-state index contributed by atoms with van der Waals surface area (Å²) < 4.78 is 15.4. The maximum atomic E-state index is 11.3. The molecule has 0 aliphatic carbocycles. The van der Waals surface area contributed by atoms with E-state index < -0.39 is 5.41 Å². The van der Waals surface area contributed by atoms with Crippen LogP contribution in [-0.4, -0.2) is 32.6 Å². The zero-order valence-corrected chi connectivity index (χ0v) is 9.04. The Morgan fingerprint density at radius 3 is 2.79 bits per heavy atom. The average Bonchev–Trinajstić information content (AvgIpc) is 2.66. The predicted octanol–water partition coefficient (Wildman–Crippen LogP) is 1.34. The summed E-state index contributed by atoms with van der Waals surface area (Å²) in [5, 5.41) is 0. The standard InChI is InChI=1S/C10H18O4/c1-10(2,9(11)12-3)7-14-8-5-4-6-13-8/h8H,4-7H2,1-3H3. The molecule has 0 saturated carbocycles. The Labute approximate surface area is 84.5 Å². The zero-order valence-electron chi connectivity index (χ0n) is 9.04. The molecule has 0 amide bonds. The molecule has 1 atom stereocenters. The lowest BCUT2D eigenvalue weighted by Crippen LogP contribution is -2.32. The lowest BCUT2D eigenvalue weighted by molar-refractivity contribution is -0.165. The van der Waals surface area contributed by atoms with E-state index in [1.54, 1.807) is 13.8 Å². The average molecular weight is 202 g/mol. The monoisotopic (exact) mass is 202 g/mol. The molecule has 1 rings (SSSR count). The lowest BCUT2D eigenvalue weighted by Gasteiger charge is -2.23. The van der Waals surface area contributed by atoms with Gasteiger partial charge in [0.1, 0.15) is 0 Å². The van der Waals surface area contributed by atoms with Crippen LogP contribution in [0.5, 0.6) is 0 Å². The van der Waals surface area contributed by atoms with E-state index in [-0.39, 0.29) is 12.3 Å². The van der Waals surface area contributed by atoms with Crippen molar-refractivity contribution < 1.29 is 19.0 Å². The fourth-order valence-electron chi connectivity index (χ4n) is 1.32. The topological polar surface area (TPSA) is 44.8 Å². The fourth-order valence-corrected chi connectivity index (χ4v) is 1.32. The van der Waals surface area contributed by atoms with Crippen LogP contribution in [0.3, 0.4) is 0 Å². The highest BCUT2D eigenvalue weighted by atomic mass is 16.7. The lowest BCUT2D eigenvalue weighted by atomic mass is 9.95. The Kier molecular flexibility index (Phi) is 3.89. The number of carbonyl (C=O) groups excluding carboxylic acids is 1. The molecule has 0 bridgehead atoms. The van der Waals surface area contributed by atoms with Gasteiger partial charge in [-0.3, -0.25) is 4.79 Å². The first-order valence-corrected chi connectivity index (χ1v) is 4.88. The van der Waals surface area contributed by atoms with Crippen molar-refractivity contribution in [1.29, 1.82) is 0 Å². The smallest absolute Gasteiger partial charge is 0.313 e. The second kappa shape index (κ2) is 4.75. The summed E-state index contributed by atoms with van der Waals surface area (Å²) in [6.07, 6.45) is 1.81. The third kappa shape index (κ3) is 2.96. The highest BCUT2D eigenvalue weighted by molar-refractivity contribution is 5.75. The molecule has 1 unspecified atom stereocenters. The van der Waals surface area contributed by atoms with Crippen LogP contribution in [0.4, 0.5) is 0 Å². The van der Waals surface area contributed by atoms with Crippen LogP contribution in [0.1, 0.15) is 26.7 Å². The molecule has 0 aromatic carbocycles. The number of esters is 1. The molecular weight excluding hydrogens is 184 g/mol. The van der Waals surface area contributed by atoms with Gasteiger partial charge in [0.2, 0.25) is 0 Å². The fraction of sp³-hybridized carbons (Fsp3) is 0.900. The first-order chi connectivity index (χ1) is 6.56. The SMILES string of the molecule is COC(=O)C(C)(C)COC1CCCO1. The van der Waals surface area contributed by atoms with Crippen molar-refractivity contribution >= 4 is 5.97 Å². The van der Waals surface area contributed by atoms with Crippen molar-refractivity contribution in [2.45, 2.75) is 33.0 Å². The van der Waals surface area contributed by atoms with Crippen molar-refractivity contribution in [2.75, 3.05) is 20.3 Å². The molecule has 0 spiro atoms. The van der Waals surface area contributed by atoms with Gasteiger partial charge in [0.25, 0.3) is 0 Å². The predicted molar refractivity (Wildman–Crippen MR) is 50.7 cm³/mol. The third-order valence-corrected chi connectivity index (χ3v) is 2.26. The van der Waals surface area contributed by atoms with E-state index in [1.165, 1.54) is 7.11 Å². The summed E-state index contributed by atoms with van der Waals surface area (Å²) in [4.78, 5) is 11.3. The highest BCUT2D eigenvalue weighted by Gasteiger charge is 2.31. The minimum absolute atomic E-state index is 0.140. The van der Waals surface area contributed by atoms with Crippen LogP contribution < -0.4 is 0 Å². The van der Waals surface area contributed by atoms with Crippen LogP contribution in [-0.2, 0) is 19.0 Å². The summed E-state index contributed by atoms with van der Waals surface area (Å²) in [7, 11) is 1.39. The van der Waals surface area contributed by atoms with Gasteiger partial charge in [-0.1, -0.05) is 0 Å². The van der Waals surface area contributed by atoms with E-state index in [0.717, 1.165) is 19.4 Å².